The average molecular weight is 487 g/mol. The van der Waals surface area contributed by atoms with Crippen LogP contribution in [0.25, 0.3) is 0 Å². The molecule has 0 unspecified atom stereocenters. The van der Waals surface area contributed by atoms with Crippen molar-refractivity contribution in [2.45, 2.75) is 45.6 Å². The number of unbranched alkanes of at least 4 members (excludes halogenated alkanes) is 1. The van der Waals surface area contributed by atoms with Crippen molar-refractivity contribution < 1.29 is 26.5 Å². The molecule has 0 aliphatic rings. The Morgan fingerprint density at radius 3 is 2.29 bits per heavy atom. The van der Waals surface area contributed by atoms with Crippen molar-refractivity contribution in [2.75, 3.05) is 12.9 Å². The minimum Gasteiger partial charge on any atom is -0.493 e. The molecule has 182 valence electrons. The Hall–Kier alpha value is -3.06. The molecule has 0 amide bonds. The first-order valence-corrected chi connectivity index (χ1v) is 13.0. The molecular weight excluding hydrogens is 455 g/mol. The monoisotopic (exact) mass is 486 g/mol. The van der Waals surface area contributed by atoms with Gasteiger partial charge in [-0.15, -0.1) is 0 Å². The lowest BCUT2D eigenvalue weighted by molar-refractivity contribution is 0.302. The van der Waals surface area contributed by atoms with E-state index in [1.165, 1.54) is 19.2 Å². The van der Waals surface area contributed by atoms with E-state index in [-0.39, 0.29) is 17.3 Å². The first-order chi connectivity index (χ1) is 16.4. The number of hydrogen-bond acceptors (Lipinski definition) is 5. The number of aryl methyl sites for hydroxylation is 2. The van der Waals surface area contributed by atoms with Gasteiger partial charge in [-0.05, 0) is 72.7 Å². The van der Waals surface area contributed by atoms with Gasteiger partial charge in [-0.2, -0.15) is 8.42 Å². The molecule has 0 saturated heterocycles. The zero-order valence-corrected chi connectivity index (χ0v) is 20.4. The summed E-state index contributed by atoms with van der Waals surface area (Å²) in [7, 11) is -2.14. The maximum absolute atomic E-state index is 13.1. The Morgan fingerprint density at radius 2 is 1.56 bits per heavy atom. The van der Waals surface area contributed by atoms with Gasteiger partial charge in [-0.3, -0.25) is 0 Å². The summed E-state index contributed by atoms with van der Waals surface area (Å²) in [4.78, 5) is 0. The van der Waals surface area contributed by atoms with Crippen LogP contribution in [0.1, 0.15) is 42.9 Å². The van der Waals surface area contributed by atoms with Crippen LogP contribution in [0, 0.1) is 5.82 Å². The van der Waals surface area contributed by atoms with Gasteiger partial charge in [0.1, 0.15) is 18.2 Å². The van der Waals surface area contributed by atoms with Crippen molar-refractivity contribution in [3.05, 3.63) is 89.2 Å². The van der Waals surface area contributed by atoms with Crippen LogP contribution in [0.5, 0.6) is 17.2 Å². The quantitative estimate of drug-likeness (QED) is 0.273. The van der Waals surface area contributed by atoms with Crippen LogP contribution < -0.4 is 13.7 Å². The highest BCUT2D eigenvalue weighted by molar-refractivity contribution is 7.87. The normalized spacial score (nSPS) is 11.3. The van der Waals surface area contributed by atoms with Gasteiger partial charge in [0, 0.05) is 0 Å². The molecule has 0 bridgehead atoms. The Kier molecular flexibility index (Phi) is 9.33. The van der Waals surface area contributed by atoms with Crippen LogP contribution in [0.2, 0.25) is 0 Å². The van der Waals surface area contributed by atoms with Crippen LogP contribution >= 0.6 is 0 Å². The minimum absolute atomic E-state index is 0.0168. The van der Waals surface area contributed by atoms with E-state index in [1.807, 2.05) is 43.3 Å². The number of ether oxygens (including phenoxy) is 2. The van der Waals surface area contributed by atoms with Gasteiger partial charge >= 0.3 is 10.1 Å². The molecule has 0 spiro atoms. The Labute approximate surface area is 201 Å². The van der Waals surface area contributed by atoms with Crippen LogP contribution in [0.15, 0.2) is 66.7 Å². The first-order valence-electron chi connectivity index (χ1n) is 11.4. The summed E-state index contributed by atoms with van der Waals surface area (Å²) >= 11 is 0. The van der Waals surface area contributed by atoms with E-state index in [2.05, 4.69) is 0 Å². The van der Waals surface area contributed by atoms with Crippen molar-refractivity contribution >= 4 is 10.1 Å². The SMILES string of the molecule is CCCCS(=O)(=O)Oc1ccc(CCCc2ccccc2OCc2ccc(F)cc2)cc1OC. The van der Waals surface area contributed by atoms with E-state index in [1.54, 1.807) is 18.2 Å². The maximum Gasteiger partial charge on any atom is 0.309 e. The highest BCUT2D eigenvalue weighted by atomic mass is 32.2. The third-order valence-electron chi connectivity index (χ3n) is 5.38. The van der Waals surface area contributed by atoms with Gasteiger partial charge in [0.25, 0.3) is 0 Å². The zero-order valence-electron chi connectivity index (χ0n) is 19.6. The van der Waals surface area contributed by atoms with Crippen molar-refractivity contribution in [3.63, 3.8) is 0 Å². The van der Waals surface area contributed by atoms with Gasteiger partial charge < -0.3 is 13.7 Å². The lowest BCUT2D eigenvalue weighted by Gasteiger charge is -2.13. The molecule has 0 radical (unpaired) electrons. The molecule has 5 nitrogen and oxygen atoms in total. The smallest absolute Gasteiger partial charge is 0.309 e. The molecule has 34 heavy (non-hydrogen) atoms. The van der Waals surface area contributed by atoms with Crippen LogP contribution in [0.3, 0.4) is 0 Å². The number of rotatable bonds is 13. The fourth-order valence-electron chi connectivity index (χ4n) is 3.51. The highest BCUT2D eigenvalue weighted by Gasteiger charge is 2.16. The van der Waals surface area contributed by atoms with Gasteiger partial charge in [-0.25, -0.2) is 4.39 Å². The van der Waals surface area contributed by atoms with Crippen molar-refractivity contribution in [3.8, 4) is 17.2 Å². The van der Waals surface area contributed by atoms with E-state index in [4.69, 9.17) is 13.7 Å². The van der Waals surface area contributed by atoms with Gasteiger partial charge in [0.2, 0.25) is 0 Å². The molecule has 3 aromatic rings. The van der Waals surface area contributed by atoms with Crippen LogP contribution in [0.4, 0.5) is 4.39 Å². The van der Waals surface area contributed by atoms with E-state index >= 15 is 0 Å². The second-order valence-corrected chi connectivity index (χ2v) is 9.75. The van der Waals surface area contributed by atoms with E-state index in [0.717, 1.165) is 48.1 Å². The van der Waals surface area contributed by atoms with Crippen molar-refractivity contribution in [1.82, 2.24) is 0 Å². The van der Waals surface area contributed by atoms with E-state index < -0.39 is 10.1 Å². The number of methoxy groups -OCH3 is 1. The summed E-state index contributed by atoms with van der Waals surface area (Å²) in [5.41, 5.74) is 3.03. The van der Waals surface area contributed by atoms with Crippen LogP contribution in [-0.4, -0.2) is 21.3 Å². The second kappa shape index (κ2) is 12.4. The fourth-order valence-corrected chi connectivity index (χ4v) is 4.65. The molecule has 0 N–H and O–H groups in total. The number of hydrogen-bond donors (Lipinski definition) is 0. The van der Waals surface area contributed by atoms with E-state index in [0.29, 0.717) is 18.8 Å². The molecule has 3 aromatic carbocycles. The maximum atomic E-state index is 13.1. The summed E-state index contributed by atoms with van der Waals surface area (Å²) < 4.78 is 53.9. The van der Waals surface area contributed by atoms with Crippen molar-refractivity contribution in [1.29, 1.82) is 0 Å². The predicted octanol–water partition coefficient (Wildman–Crippen LogP) is 6.10. The molecule has 0 aromatic heterocycles. The third kappa shape index (κ3) is 7.76. The first kappa shape index (κ1) is 25.6. The molecule has 3 rings (SSSR count). The minimum atomic E-state index is -3.64. The lowest BCUT2D eigenvalue weighted by atomic mass is 10.0. The molecule has 0 heterocycles. The largest absolute Gasteiger partial charge is 0.493 e. The summed E-state index contributed by atoms with van der Waals surface area (Å²) in [6.07, 6.45) is 3.79. The van der Waals surface area contributed by atoms with Gasteiger partial charge in [0.15, 0.2) is 11.5 Å². The summed E-state index contributed by atoms with van der Waals surface area (Å²) in [6.45, 7) is 2.30. The van der Waals surface area contributed by atoms with E-state index in [9.17, 15) is 12.8 Å². The fraction of sp³-hybridized carbons (Fsp3) is 0.333. The molecule has 0 saturated carbocycles. The number of para-hydroxylation sites is 1. The molecule has 0 aliphatic heterocycles. The summed E-state index contributed by atoms with van der Waals surface area (Å²) in [5, 5.41) is 0. The molecular formula is C27H31FO5S. The third-order valence-corrected chi connectivity index (χ3v) is 6.61. The molecule has 0 fully saturated rings. The number of halogens is 1. The number of benzene rings is 3. The average Bonchev–Trinajstić information content (AvgIpc) is 2.84. The Balaban J connectivity index is 1.58. The predicted molar refractivity (Wildman–Crippen MR) is 132 cm³/mol. The molecule has 7 heteroatoms. The van der Waals surface area contributed by atoms with Crippen molar-refractivity contribution in [2.24, 2.45) is 0 Å². The zero-order chi connectivity index (χ0) is 24.4. The summed E-state index contributed by atoms with van der Waals surface area (Å²) in [5.74, 6) is 1.14. The topological polar surface area (TPSA) is 61.8 Å². The van der Waals surface area contributed by atoms with Gasteiger partial charge in [-0.1, -0.05) is 49.7 Å². The van der Waals surface area contributed by atoms with Crippen LogP contribution in [-0.2, 0) is 29.6 Å². The highest BCUT2D eigenvalue weighted by Crippen LogP contribution is 2.30. The Bertz CT molecular complexity index is 1160. The Morgan fingerprint density at radius 1 is 0.824 bits per heavy atom. The lowest BCUT2D eigenvalue weighted by Crippen LogP contribution is -2.14. The second-order valence-electron chi connectivity index (χ2n) is 8.06. The molecule has 0 atom stereocenters. The summed E-state index contributed by atoms with van der Waals surface area (Å²) in [6, 6.07) is 19.5. The standard InChI is InChI=1S/C27H31FO5S/c1-3-4-18-34(29,30)33-26-17-14-21(19-27(26)31-2)8-7-10-23-9-5-6-11-25(23)32-20-22-12-15-24(28)16-13-22/h5-6,9,11-17,19H,3-4,7-8,10,18,20H2,1-2H3. The van der Waals surface area contributed by atoms with Gasteiger partial charge in [0.05, 0.1) is 12.9 Å². The molecule has 0 aliphatic carbocycles.